The Balaban J connectivity index is 1.89. The van der Waals surface area contributed by atoms with Gasteiger partial charge in [0.15, 0.2) is 0 Å². The topological polar surface area (TPSA) is 47.7 Å². The second-order valence-electron chi connectivity index (χ2n) is 7.22. The van der Waals surface area contributed by atoms with E-state index in [1.54, 1.807) is 7.11 Å². The van der Waals surface area contributed by atoms with Crippen molar-refractivity contribution in [2.24, 2.45) is 17.1 Å². The Morgan fingerprint density at radius 1 is 1.35 bits per heavy atom. The number of piperidine rings is 1. The normalized spacial score (nSPS) is 37.6. The van der Waals surface area contributed by atoms with Gasteiger partial charge in [0.1, 0.15) is 0 Å². The molecule has 1 aliphatic heterocycles. The third-order valence-electron chi connectivity index (χ3n) is 5.52. The molecule has 0 radical (unpaired) electrons. The highest BCUT2D eigenvalue weighted by molar-refractivity contribution is 5.14. The lowest BCUT2D eigenvalue weighted by atomic mass is 9.54. The van der Waals surface area contributed by atoms with Gasteiger partial charge in [-0.1, -0.05) is 13.8 Å². The van der Waals surface area contributed by atoms with Crippen molar-refractivity contribution in [2.45, 2.75) is 51.7 Å². The average molecular weight is 284 g/mol. The van der Waals surface area contributed by atoms with Gasteiger partial charge in [0, 0.05) is 37.8 Å². The summed E-state index contributed by atoms with van der Waals surface area (Å²) >= 11 is 0. The van der Waals surface area contributed by atoms with Crippen LogP contribution in [-0.2, 0) is 9.47 Å². The van der Waals surface area contributed by atoms with Gasteiger partial charge >= 0.3 is 0 Å². The van der Waals surface area contributed by atoms with Gasteiger partial charge in [-0.2, -0.15) is 0 Å². The Kier molecular flexibility index (Phi) is 5.11. The van der Waals surface area contributed by atoms with E-state index in [1.165, 1.54) is 19.4 Å². The second-order valence-corrected chi connectivity index (χ2v) is 7.22. The minimum Gasteiger partial charge on any atom is -0.384 e. The molecule has 0 bridgehead atoms. The van der Waals surface area contributed by atoms with Gasteiger partial charge in [-0.15, -0.1) is 0 Å². The van der Waals surface area contributed by atoms with Crippen LogP contribution in [0.5, 0.6) is 0 Å². The number of nitrogens with two attached hydrogens (primary N) is 1. The van der Waals surface area contributed by atoms with E-state index in [0.717, 1.165) is 32.7 Å². The molecule has 2 fully saturated rings. The largest absolute Gasteiger partial charge is 0.384 e. The molecule has 2 rings (SSSR count). The summed E-state index contributed by atoms with van der Waals surface area (Å²) in [4.78, 5) is 2.54. The number of ether oxygens (including phenoxy) is 2. The zero-order valence-electron chi connectivity index (χ0n) is 13.7. The van der Waals surface area contributed by atoms with Crippen molar-refractivity contribution in [1.29, 1.82) is 0 Å². The lowest BCUT2D eigenvalue weighted by molar-refractivity contribution is -0.158. The molecule has 1 saturated heterocycles. The van der Waals surface area contributed by atoms with E-state index < -0.39 is 0 Å². The number of rotatable bonds is 6. The number of hydrogen-bond donors (Lipinski definition) is 1. The van der Waals surface area contributed by atoms with Crippen LogP contribution in [0.3, 0.4) is 0 Å². The maximum absolute atomic E-state index is 6.70. The molecule has 0 aromatic heterocycles. The molecule has 4 heteroatoms. The fourth-order valence-corrected chi connectivity index (χ4v) is 3.84. The van der Waals surface area contributed by atoms with Crippen molar-refractivity contribution >= 4 is 0 Å². The smallest absolute Gasteiger partial charge is 0.0662 e. The van der Waals surface area contributed by atoms with Crippen molar-refractivity contribution in [2.75, 3.05) is 40.0 Å². The molecule has 0 amide bonds. The van der Waals surface area contributed by atoms with Gasteiger partial charge < -0.3 is 20.1 Å². The van der Waals surface area contributed by atoms with Gasteiger partial charge in [-0.05, 0) is 38.6 Å². The van der Waals surface area contributed by atoms with Crippen LogP contribution in [0.4, 0.5) is 0 Å². The van der Waals surface area contributed by atoms with Crippen LogP contribution in [0.25, 0.3) is 0 Å². The van der Waals surface area contributed by atoms with Gasteiger partial charge in [0.05, 0.1) is 12.7 Å². The molecule has 3 atom stereocenters. The zero-order valence-corrected chi connectivity index (χ0v) is 13.7. The third-order valence-corrected chi connectivity index (χ3v) is 5.52. The maximum Gasteiger partial charge on any atom is 0.0662 e. The van der Waals surface area contributed by atoms with Crippen molar-refractivity contribution < 1.29 is 9.47 Å². The van der Waals surface area contributed by atoms with Gasteiger partial charge in [0.2, 0.25) is 0 Å². The Bertz CT molecular complexity index is 320. The highest BCUT2D eigenvalue weighted by atomic mass is 16.5. The Morgan fingerprint density at radius 3 is 2.70 bits per heavy atom. The SMILES string of the molecule is CCOC1CC(N)(CN2CCCC(COC)C2)C1(C)C. The highest BCUT2D eigenvalue weighted by Crippen LogP contribution is 2.50. The predicted molar refractivity (Wildman–Crippen MR) is 81.8 cm³/mol. The van der Waals surface area contributed by atoms with Crippen molar-refractivity contribution in [1.82, 2.24) is 4.90 Å². The molecule has 3 unspecified atom stereocenters. The minimum absolute atomic E-state index is 0.0667. The average Bonchev–Trinajstić information content (AvgIpc) is 2.39. The molecule has 1 saturated carbocycles. The Hall–Kier alpha value is -0.160. The third kappa shape index (κ3) is 3.03. The quantitative estimate of drug-likeness (QED) is 0.809. The van der Waals surface area contributed by atoms with Crippen molar-refractivity contribution in [3.63, 3.8) is 0 Å². The molecule has 118 valence electrons. The van der Waals surface area contributed by atoms with E-state index in [2.05, 4.69) is 25.7 Å². The standard InChI is InChI=1S/C16H32N2O2/c1-5-20-14-9-16(17,15(14,2)3)12-18-8-6-7-13(10-18)11-19-4/h13-14H,5-12,17H2,1-4H3. The number of methoxy groups -OCH3 is 1. The summed E-state index contributed by atoms with van der Waals surface area (Å²) in [7, 11) is 1.80. The van der Waals surface area contributed by atoms with Gasteiger partial charge in [0.25, 0.3) is 0 Å². The summed E-state index contributed by atoms with van der Waals surface area (Å²) < 4.78 is 11.1. The molecule has 20 heavy (non-hydrogen) atoms. The van der Waals surface area contributed by atoms with E-state index in [4.69, 9.17) is 15.2 Å². The molecule has 1 heterocycles. The first-order valence-electron chi connectivity index (χ1n) is 8.04. The zero-order chi connectivity index (χ0) is 14.8. The van der Waals surface area contributed by atoms with Crippen molar-refractivity contribution in [3.8, 4) is 0 Å². The molecule has 0 aromatic rings. The molecule has 2 N–H and O–H groups in total. The Morgan fingerprint density at radius 2 is 2.10 bits per heavy atom. The van der Waals surface area contributed by atoms with E-state index >= 15 is 0 Å². The van der Waals surface area contributed by atoms with Crippen molar-refractivity contribution in [3.05, 3.63) is 0 Å². The molecule has 4 nitrogen and oxygen atoms in total. The van der Waals surface area contributed by atoms with Crippen LogP contribution < -0.4 is 5.73 Å². The van der Waals surface area contributed by atoms with Crippen LogP contribution in [0.2, 0.25) is 0 Å². The first kappa shape index (κ1) is 16.2. The molecule has 2 aliphatic rings. The van der Waals surface area contributed by atoms with E-state index in [1.807, 2.05) is 0 Å². The summed E-state index contributed by atoms with van der Waals surface area (Å²) in [6, 6.07) is 0. The van der Waals surface area contributed by atoms with Crippen LogP contribution >= 0.6 is 0 Å². The summed E-state index contributed by atoms with van der Waals surface area (Å²) in [5, 5.41) is 0. The van der Waals surface area contributed by atoms with E-state index in [0.29, 0.717) is 12.0 Å². The first-order chi connectivity index (χ1) is 9.43. The first-order valence-corrected chi connectivity index (χ1v) is 8.04. The maximum atomic E-state index is 6.70. The number of hydrogen-bond acceptors (Lipinski definition) is 4. The van der Waals surface area contributed by atoms with Gasteiger partial charge in [-0.25, -0.2) is 0 Å². The number of nitrogens with zero attached hydrogens (tertiary/aromatic N) is 1. The summed E-state index contributed by atoms with van der Waals surface area (Å²) in [6.45, 7) is 11.5. The monoisotopic (exact) mass is 284 g/mol. The molecule has 0 spiro atoms. The fourth-order valence-electron chi connectivity index (χ4n) is 3.84. The van der Waals surface area contributed by atoms with E-state index in [9.17, 15) is 0 Å². The highest BCUT2D eigenvalue weighted by Gasteiger charge is 2.58. The minimum atomic E-state index is -0.109. The predicted octanol–water partition coefficient (Wildman–Crippen LogP) is 1.88. The molecule has 1 aliphatic carbocycles. The molecular weight excluding hydrogens is 252 g/mol. The van der Waals surface area contributed by atoms with Crippen LogP contribution in [0.1, 0.15) is 40.0 Å². The number of likely N-dealkylation sites (tertiary alicyclic amines) is 1. The van der Waals surface area contributed by atoms with E-state index in [-0.39, 0.29) is 11.0 Å². The van der Waals surface area contributed by atoms with Gasteiger partial charge in [-0.3, -0.25) is 0 Å². The lowest BCUT2D eigenvalue weighted by Crippen LogP contribution is -2.73. The lowest BCUT2D eigenvalue weighted by Gasteiger charge is -2.60. The van der Waals surface area contributed by atoms with Crippen LogP contribution in [-0.4, -0.2) is 56.5 Å². The van der Waals surface area contributed by atoms with Crippen LogP contribution in [0, 0.1) is 11.3 Å². The Labute approximate surface area is 124 Å². The van der Waals surface area contributed by atoms with Crippen LogP contribution in [0.15, 0.2) is 0 Å². The summed E-state index contributed by atoms with van der Waals surface area (Å²) in [5.74, 6) is 0.670. The summed E-state index contributed by atoms with van der Waals surface area (Å²) in [6.07, 6.45) is 3.85. The summed E-state index contributed by atoms with van der Waals surface area (Å²) in [5.41, 5.74) is 6.66. The molecular formula is C16H32N2O2. The second kappa shape index (κ2) is 6.30. The fraction of sp³-hybridized carbons (Fsp3) is 1.00. The molecule has 0 aromatic carbocycles.